The van der Waals surface area contributed by atoms with Gasteiger partial charge in [-0.2, -0.15) is 0 Å². The highest BCUT2D eigenvalue weighted by atomic mass is 16.4. The first-order chi connectivity index (χ1) is 6.74. The molecule has 0 heterocycles. The van der Waals surface area contributed by atoms with Crippen molar-refractivity contribution in [2.24, 2.45) is 11.8 Å². The second-order valence-electron chi connectivity index (χ2n) is 4.17. The zero-order chi connectivity index (χ0) is 10.4. The molecule has 0 amide bonds. The molecule has 1 rings (SSSR count). The quantitative estimate of drug-likeness (QED) is 0.685. The highest BCUT2D eigenvalue weighted by Gasteiger charge is 2.22. The summed E-state index contributed by atoms with van der Waals surface area (Å²) in [6.07, 6.45) is 10.6. The van der Waals surface area contributed by atoms with Gasteiger partial charge in [-0.15, -0.1) is 0 Å². The molecule has 1 aliphatic carbocycles. The lowest BCUT2D eigenvalue weighted by molar-refractivity contribution is -0.140. The van der Waals surface area contributed by atoms with Crippen molar-refractivity contribution in [2.75, 3.05) is 0 Å². The van der Waals surface area contributed by atoms with Gasteiger partial charge in [-0.05, 0) is 18.8 Å². The Morgan fingerprint density at radius 2 is 2.14 bits per heavy atom. The van der Waals surface area contributed by atoms with Gasteiger partial charge in [0, 0.05) is 0 Å². The molecule has 1 aliphatic rings. The molecule has 1 saturated carbocycles. The van der Waals surface area contributed by atoms with Crippen LogP contribution in [0, 0.1) is 11.8 Å². The summed E-state index contributed by atoms with van der Waals surface area (Å²) in [7, 11) is 0. The molecule has 0 aromatic carbocycles. The molecule has 0 spiro atoms. The van der Waals surface area contributed by atoms with Crippen LogP contribution >= 0.6 is 0 Å². The maximum atomic E-state index is 10.9. The fraction of sp³-hybridized carbons (Fsp3) is 0.750. The lowest BCUT2D eigenvalue weighted by Gasteiger charge is -2.12. The van der Waals surface area contributed by atoms with Gasteiger partial charge in [0.2, 0.25) is 0 Å². The van der Waals surface area contributed by atoms with E-state index < -0.39 is 5.97 Å². The molecule has 0 radical (unpaired) electrons. The van der Waals surface area contributed by atoms with Crippen LogP contribution in [0.1, 0.15) is 45.4 Å². The third-order valence-corrected chi connectivity index (χ3v) is 2.98. The molecule has 0 aliphatic heterocycles. The van der Waals surface area contributed by atoms with Crippen LogP contribution in [0.5, 0.6) is 0 Å². The van der Waals surface area contributed by atoms with Gasteiger partial charge < -0.3 is 5.11 Å². The van der Waals surface area contributed by atoms with Crippen molar-refractivity contribution in [3.63, 3.8) is 0 Å². The minimum atomic E-state index is -0.665. The standard InChI is InChI=1S/C12H20O2/c1-2-3-8-11(12(13)14)9-10-6-4-5-7-10/h3,8,10-11H,2,4-7,9H2,1H3,(H,13,14)/b8-3-. The van der Waals surface area contributed by atoms with Gasteiger partial charge in [-0.1, -0.05) is 44.8 Å². The van der Waals surface area contributed by atoms with E-state index in [0.29, 0.717) is 5.92 Å². The van der Waals surface area contributed by atoms with E-state index in [-0.39, 0.29) is 5.92 Å². The highest BCUT2D eigenvalue weighted by Crippen LogP contribution is 2.30. The Morgan fingerprint density at radius 1 is 1.50 bits per heavy atom. The molecular formula is C12H20O2. The number of carbonyl (C=O) groups is 1. The number of aliphatic carboxylic acids is 1. The van der Waals surface area contributed by atoms with Gasteiger partial charge in [0.25, 0.3) is 0 Å². The first-order valence-electron chi connectivity index (χ1n) is 5.63. The van der Waals surface area contributed by atoms with Gasteiger partial charge in [-0.25, -0.2) is 0 Å². The predicted octanol–water partition coefficient (Wildman–Crippen LogP) is 3.23. The first-order valence-corrected chi connectivity index (χ1v) is 5.63. The average Bonchev–Trinajstić information content (AvgIpc) is 2.64. The zero-order valence-corrected chi connectivity index (χ0v) is 8.91. The molecule has 1 atom stereocenters. The fourth-order valence-corrected chi connectivity index (χ4v) is 2.17. The molecule has 80 valence electrons. The Hall–Kier alpha value is -0.790. The molecule has 2 nitrogen and oxygen atoms in total. The summed E-state index contributed by atoms with van der Waals surface area (Å²) in [5.41, 5.74) is 0. The molecule has 1 fully saturated rings. The van der Waals surface area contributed by atoms with E-state index in [9.17, 15) is 4.79 Å². The van der Waals surface area contributed by atoms with Crippen LogP contribution in [-0.4, -0.2) is 11.1 Å². The van der Waals surface area contributed by atoms with Gasteiger partial charge in [0.1, 0.15) is 0 Å². The molecule has 1 unspecified atom stereocenters. The van der Waals surface area contributed by atoms with Crippen molar-refractivity contribution in [2.45, 2.75) is 45.4 Å². The summed E-state index contributed by atoms with van der Waals surface area (Å²) in [6.45, 7) is 2.03. The summed E-state index contributed by atoms with van der Waals surface area (Å²) >= 11 is 0. The number of hydrogen-bond donors (Lipinski definition) is 1. The summed E-state index contributed by atoms with van der Waals surface area (Å²) in [4.78, 5) is 10.9. The third kappa shape index (κ3) is 3.52. The summed E-state index contributed by atoms with van der Waals surface area (Å²) < 4.78 is 0. The van der Waals surface area contributed by atoms with Gasteiger partial charge in [-0.3, -0.25) is 4.79 Å². The maximum Gasteiger partial charge on any atom is 0.310 e. The Balaban J connectivity index is 2.41. The van der Waals surface area contributed by atoms with Crippen LogP contribution < -0.4 is 0 Å². The van der Waals surface area contributed by atoms with Crippen molar-refractivity contribution in [1.82, 2.24) is 0 Å². The molecule has 0 aromatic rings. The smallest absolute Gasteiger partial charge is 0.310 e. The van der Waals surface area contributed by atoms with Crippen LogP contribution in [-0.2, 0) is 4.79 Å². The van der Waals surface area contributed by atoms with Crippen molar-refractivity contribution >= 4 is 5.97 Å². The largest absolute Gasteiger partial charge is 0.481 e. The minimum Gasteiger partial charge on any atom is -0.481 e. The fourth-order valence-electron chi connectivity index (χ4n) is 2.17. The molecule has 0 aromatic heterocycles. The highest BCUT2D eigenvalue weighted by molar-refractivity contribution is 5.72. The van der Waals surface area contributed by atoms with Crippen LogP contribution in [0.15, 0.2) is 12.2 Å². The SMILES string of the molecule is CC/C=C\C(CC1CCCC1)C(=O)O. The van der Waals surface area contributed by atoms with E-state index >= 15 is 0 Å². The van der Waals surface area contributed by atoms with Crippen LogP contribution in [0.25, 0.3) is 0 Å². The van der Waals surface area contributed by atoms with Crippen LogP contribution in [0.4, 0.5) is 0 Å². The van der Waals surface area contributed by atoms with E-state index in [2.05, 4.69) is 0 Å². The molecular weight excluding hydrogens is 176 g/mol. The van der Waals surface area contributed by atoms with E-state index in [1.54, 1.807) is 0 Å². The molecule has 1 N–H and O–H groups in total. The normalized spacial score (nSPS) is 20.4. The lowest BCUT2D eigenvalue weighted by Crippen LogP contribution is -2.14. The Bertz CT molecular complexity index is 202. The average molecular weight is 196 g/mol. The summed E-state index contributed by atoms with van der Waals surface area (Å²) in [5, 5.41) is 9.01. The van der Waals surface area contributed by atoms with Crippen molar-refractivity contribution < 1.29 is 9.90 Å². The number of carboxylic acids is 1. The van der Waals surface area contributed by atoms with Gasteiger partial charge in [0.15, 0.2) is 0 Å². The van der Waals surface area contributed by atoms with E-state index in [1.165, 1.54) is 25.7 Å². The van der Waals surface area contributed by atoms with E-state index in [4.69, 9.17) is 5.11 Å². The van der Waals surface area contributed by atoms with Crippen molar-refractivity contribution in [3.8, 4) is 0 Å². The molecule has 0 saturated heterocycles. The van der Waals surface area contributed by atoms with E-state index in [0.717, 1.165) is 12.8 Å². The van der Waals surface area contributed by atoms with Gasteiger partial charge in [0.05, 0.1) is 5.92 Å². The Morgan fingerprint density at radius 3 is 2.64 bits per heavy atom. The predicted molar refractivity (Wildman–Crippen MR) is 57.1 cm³/mol. The van der Waals surface area contributed by atoms with E-state index in [1.807, 2.05) is 19.1 Å². The third-order valence-electron chi connectivity index (χ3n) is 2.98. The molecule has 0 bridgehead atoms. The number of allylic oxidation sites excluding steroid dienone is 1. The first kappa shape index (κ1) is 11.3. The molecule has 2 heteroatoms. The Labute approximate surface area is 86.0 Å². The zero-order valence-electron chi connectivity index (χ0n) is 8.91. The van der Waals surface area contributed by atoms with Crippen LogP contribution in [0.2, 0.25) is 0 Å². The van der Waals surface area contributed by atoms with Crippen molar-refractivity contribution in [1.29, 1.82) is 0 Å². The van der Waals surface area contributed by atoms with Gasteiger partial charge >= 0.3 is 5.97 Å². The number of carboxylic acid groups (broad SMARTS) is 1. The summed E-state index contributed by atoms with van der Waals surface area (Å²) in [6, 6.07) is 0. The van der Waals surface area contributed by atoms with Crippen LogP contribution in [0.3, 0.4) is 0 Å². The maximum absolute atomic E-state index is 10.9. The monoisotopic (exact) mass is 196 g/mol. The lowest BCUT2D eigenvalue weighted by atomic mass is 9.93. The Kier molecular flexibility index (Phi) is 4.71. The minimum absolute atomic E-state index is 0.252. The topological polar surface area (TPSA) is 37.3 Å². The van der Waals surface area contributed by atoms with Crippen molar-refractivity contribution in [3.05, 3.63) is 12.2 Å². The summed E-state index contributed by atoms with van der Waals surface area (Å²) in [5.74, 6) is -0.266. The number of rotatable bonds is 5. The number of hydrogen-bond acceptors (Lipinski definition) is 1. The second-order valence-corrected chi connectivity index (χ2v) is 4.17. The molecule has 14 heavy (non-hydrogen) atoms. The second kappa shape index (κ2) is 5.84.